The fourth-order valence-corrected chi connectivity index (χ4v) is 4.75. The SMILES string of the molecule is CCc1ccc(C(C)NC(=O)CN(c2ccccc2)S(=O)(=O)c2ccc(OC)cc2)cc1. The van der Waals surface area contributed by atoms with Gasteiger partial charge in [0, 0.05) is 0 Å². The molecule has 1 atom stereocenters. The van der Waals surface area contributed by atoms with E-state index in [1.165, 1.54) is 24.8 Å². The highest BCUT2D eigenvalue weighted by molar-refractivity contribution is 7.92. The quantitative estimate of drug-likeness (QED) is 0.524. The van der Waals surface area contributed by atoms with Crippen molar-refractivity contribution in [3.05, 3.63) is 90.0 Å². The number of carbonyl (C=O) groups is 1. The minimum Gasteiger partial charge on any atom is -0.497 e. The summed E-state index contributed by atoms with van der Waals surface area (Å²) in [7, 11) is -2.45. The van der Waals surface area contributed by atoms with E-state index in [0.717, 1.165) is 16.3 Å². The number of amides is 1. The Hall–Kier alpha value is -3.32. The molecule has 3 aromatic rings. The van der Waals surface area contributed by atoms with Crippen LogP contribution in [-0.4, -0.2) is 28.0 Å². The lowest BCUT2D eigenvalue weighted by Gasteiger charge is -2.25. The highest BCUT2D eigenvalue weighted by Crippen LogP contribution is 2.25. The van der Waals surface area contributed by atoms with Crippen molar-refractivity contribution in [2.24, 2.45) is 0 Å². The summed E-state index contributed by atoms with van der Waals surface area (Å²) in [5.41, 5.74) is 2.59. The van der Waals surface area contributed by atoms with E-state index >= 15 is 0 Å². The van der Waals surface area contributed by atoms with Gasteiger partial charge in [-0.15, -0.1) is 0 Å². The maximum Gasteiger partial charge on any atom is 0.264 e. The Morgan fingerprint density at radius 2 is 1.59 bits per heavy atom. The predicted molar refractivity (Wildman–Crippen MR) is 126 cm³/mol. The van der Waals surface area contributed by atoms with Gasteiger partial charge in [0.2, 0.25) is 5.91 Å². The smallest absolute Gasteiger partial charge is 0.264 e. The van der Waals surface area contributed by atoms with E-state index in [0.29, 0.717) is 11.4 Å². The van der Waals surface area contributed by atoms with Crippen LogP contribution in [-0.2, 0) is 21.2 Å². The van der Waals surface area contributed by atoms with Gasteiger partial charge in [-0.25, -0.2) is 8.42 Å². The average molecular weight is 453 g/mol. The van der Waals surface area contributed by atoms with Gasteiger partial charge in [-0.05, 0) is 60.9 Å². The van der Waals surface area contributed by atoms with E-state index in [9.17, 15) is 13.2 Å². The fourth-order valence-electron chi connectivity index (χ4n) is 3.33. The zero-order chi connectivity index (χ0) is 23.1. The molecule has 168 valence electrons. The Morgan fingerprint density at radius 3 is 2.16 bits per heavy atom. The average Bonchev–Trinajstić information content (AvgIpc) is 2.83. The van der Waals surface area contributed by atoms with Crippen molar-refractivity contribution in [3.63, 3.8) is 0 Å². The van der Waals surface area contributed by atoms with E-state index in [1.807, 2.05) is 31.2 Å². The zero-order valence-corrected chi connectivity index (χ0v) is 19.3. The molecule has 1 unspecified atom stereocenters. The molecular weight excluding hydrogens is 424 g/mol. The van der Waals surface area contributed by atoms with Gasteiger partial charge in [-0.1, -0.05) is 49.4 Å². The van der Waals surface area contributed by atoms with Crippen LogP contribution in [0.1, 0.15) is 31.0 Å². The van der Waals surface area contributed by atoms with Crippen LogP contribution in [0.4, 0.5) is 5.69 Å². The summed E-state index contributed by atoms with van der Waals surface area (Å²) in [6, 6.07) is 22.5. The number of methoxy groups -OCH3 is 1. The van der Waals surface area contributed by atoms with Crippen molar-refractivity contribution < 1.29 is 17.9 Å². The summed E-state index contributed by atoms with van der Waals surface area (Å²) in [6.45, 7) is 3.63. The van der Waals surface area contributed by atoms with Gasteiger partial charge in [0.15, 0.2) is 0 Å². The monoisotopic (exact) mass is 452 g/mol. The number of rotatable bonds is 9. The number of carbonyl (C=O) groups excluding carboxylic acids is 1. The molecule has 1 N–H and O–H groups in total. The van der Waals surface area contributed by atoms with Crippen LogP contribution in [0.5, 0.6) is 5.75 Å². The number of para-hydroxylation sites is 1. The highest BCUT2D eigenvalue weighted by Gasteiger charge is 2.27. The Kier molecular flexibility index (Phi) is 7.53. The molecule has 0 aliphatic rings. The highest BCUT2D eigenvalue weighted by atomic mass is 32.2. The normalized spacial score (nSPS) is 12.1. The second-order valence-electron chi connectivity index (χ2n) is 7.41. The van der Waals surface area contributed by atoms with E-state index in [2.05, 4.69) is 12.2 Å². The molecule has 1 amide bonds. The van der Waals surface area contributed by atoms with Gasteiger partial charge in [-0.2, -0.15) is 0 Å². The lowest BCUT2D eigenvalue weighted by atomic mass is 10.1. The molecule has 0 heterocycles. The van der Waals surface area contributed by atoms with Crippen LogP contribution in [0.25, 0.3) is 0 Å². The number of nitrogens with one attached hydrogen (secondary N) is 1. The summed E-state index contributed by atoms with van der Waals surface area (Å²) < 4.78 is 33.0. The molecule has 7 heteroatoms. The van der Waals surface area contributed by atoms with Crippen molar-refractivity contribution in [3.8, 4) is 5.75 Å². The first kappa shape index (κ1) is 23.3. The number of ether oxygens (including phenoxy) is 1. The number of benzene rings is 3. The number of sulfonamides is 1. The van der Waals surface area contributed by atoms with Crippen molar-refractivity contribution >= 4 is 21.6 Å². The van der Waals surface area contributed by atoms with Crippen LogP contribution in [0.15, 0.2) is 83.8 Å². The first-order valence-corrected chi connectivity index (χ1v) is 11.9. The molecule has 0 aliphatic heterocycles. The van der Waals surface area contributed by atoms with Crippen LogP contribution in [0, 0.1) is 0 Å². The van der Waals surface area contributed by atoms with Gasteiger partial charge < -0.3 is 10.1 Å². The van der Waals surface area contributed by atoms with Gasteiger partial charge in [0.1, 0.15) is 12.3 Å². The molecule has 32 heavy (non-hydrogen) atoms. The molecule has 3 aromatic carbocycles. The Morgan fingerprint density at radius 1 is 0.969 bits per heavy atom. The first-order valence-electron chi connectivity index (χ1n) is 10.4. The zero-order valence-electron chi connectivity index (χ0n) is 18.5. The molecule has 0 spiro atoms. The molecule has 0 radical (unpaired) electrons. The molecular formula is C25H28N2O4S. The summed E-state index contributed by atoms with van der Waals surface area (Å²) in [4.78, 5) is 13.0. The largest absolute Gasteiger partial charge is 0.497 e. The van der Waals surface area contributed by atoms with Crippen molar-refractivity contribution in [1.82, 2.24) is 5.32 Å². The Balaban J connectivity index is 1.83. The number of aryl methyl sites for hydroxylation is 1. The molecule has 0 aromatic heterocycles. The van der Waals surface area contributed by atoms with E-state index in [1.54, 1.807) is 42.5 Å². The van der Waals surface area contributed by atoms with Gasteiger partial charge in [0.05, 0.1) is 23.7 Å². The van der Waals surface area contributed by atoms with E-state index in [-0.39, 0.29) is 17.5 Å². The van der Waals surface area contributed by atoms with E-state index in [4.69, 9.17) is 4.74 Å². The molecule has 3 rings (SSSR count). The van der Waals surface area contributed by atoms with Crippen molar-refractivity contribution in [2.75, 3.05) is 18.0 Å². The lowest BCUT2D eigenvalue weighted by molar-refractivity contribution is -0.120. The third kappa shape index (κ3) is 5.48. The minimum absolute atomic E-state index is 0.0816. The second kappa shape index (κ2) is 10.3. The standard InChI is InChI=1S/C25H28N2O4S/c1-4-20-10-12-21(13-11-20)19(2)26-25(28)18-27(22-8-6-5-7-9-22)32(29,30)24-16-14-23(31-3)15-17-24/h5-17,19H,4,18H2,1-3H3,(H,26,28). The summed E-state index contributed by atoms with van der Waals surface area (Å²) in [5, 5.41) is 2.91. The first-order chi connectivity index (χ1) is 15.3. The molecule has 6 nitrogen and oxygen atoms in total. The van der Waals surface area contributed by atoms with Crippen LogP contribution >= 0.6 is 0 Å². The molecule has 0 saturated heterocycles. The second-order valence-corrected chi connectivity index (χ2v) is 9.27. The molecule has 0 fully saturated rings. The number of hydrogen-bond acceptors (Lipinski definition) is 4. The molecule has 0 aliphatic carbocycles. The van der Waals surface area contributed by atoms with Gasteiger partial charge in [0.25, 0.3) is 10.0 Å². The topological polar surface area (TPSA) is 75.7 Å². The van der Waals surface area contributed by atoms with Crippen LogP contribution < -0.4 is 14.4 Å². The van der Waals surface area contributed by atoms with Crippen molar-refractivity contribution in [2.45, 2.75) is 31.2 Å². The number of hydrogen-bond donors (Lipinski definition) is 1. The third-order valence-electron chi connectivity index (χ3n) is 5.24. The Labute approximate surface area is 189 Å². The summed E-state index contributed by atoms with van der Waals surface area (Å²) >= 11 is 0. The predicted octanol–water partition coefficient (Wildman–Crippen LogP) is 4.33. The maximum atomic E-state index is 13.4. The van der Waals surface area contributed by atoms with Crippen LogP contribution in [0.2, 0.25) is 0 Å². The molecule has 0 saturated carbocycles. The number of nitrogens with zero attached hydrogens (tertiary/aromatic N) is 1. The van der Waals surface area contributed by atoms with Gasteiger partial charge >= 0.3 is 0 Å². The number of anilines is 1. The van der Waals surface area contributed by atoms with Crippen LogP contribution in [0.3, 0.4) is 0 Å². The summed E-state index contributed by atoms with van der Waals surface area (Å²) in [6.07, 6.45) is 0.941. The fraction of sp³-hybridized carbons (Fsp3) is 0.240. The maximum absolute atomic E-state index is 13.4. The van der Waals surface area contributed by atoms with Crippen molar-refractivity contribution in [1.29, 1.82) is 0 Å². The molecule has 0 bridgehead atoms. The van der Waals surface area contributed by atoms with Gasteiger partial charge in [-0.3, -0.25) is 9.10 Å². The lowest BCUT2D eigenvalue weighted by Crippen LogP contribution is -2.41. The third-order valence-corrected chi connectivity index (χ3v) is 7.03. The minimum atomic E-state index is -3.97. The summed E-state index contributed by atoms with van der Waals surface area (Å²) in [5.74, 6) is 0.161. The Bertz CT molecular complexity index is 1130. The van der Waals surface area contributed by atoms with E-state index < -0.39 is 15.9 Å².